The molecule has 0 aromatic heterocycles. The van der Waals surface area contributed by atoms with Crippen LogP contribution >= 0.6 is 15.9 Å². The Morgan fingerprint density at radius 2 is 2.10 bits per heavy atom. The van der Waals surface area contributed by atoms with Crippen LogP contribution in [-0.2, 0) is 13.0 Å². The molecule has 1 fully saturated rings. The standard InChI is InChI=1S/C16H23BrN2O/c1-16(11-18)3-5-19(6-4-16)10-13-9-14(17)8-12-2-7-20-15(12)13/h8-9H,2-7,10-11,18H2,1H3. The molecule has 20 heavy (non-hydrogen) atoms. The van der Waals surface area contributed by atoms with E-state index in [1.54, 1.807) is 0 Å². The summed E-state index contributed by atoms with van der Waals surface area (Å²) < 4.78 is 6.99. The molecule has 0 bridgehead atoms. The lowest BCUT2D eigenvalue weighted by Crippen LogP contribution is -2.41. The van der Waals surface area contributed by atoms with Gasteiger partial charge >= 0.3 is 0 Å². The van der Waals surface area contributed by atoms with Crippen LogP contribution in [-0.4, -0.2) is 31.1 Å². The van der Waals surface area contributed by atoms with E-state index in [1.807, 2.05) is 0 Å². The Morgan fingerprint density at radius 3 is 2.80 bits per heavy atom. The first-order valence-electron chi connectivity index (χ1n) is 7.46. The number of fused-ring (bicyclic) bond motifs is 1. The third kappa shape index (κ3) is 2.87. The molecule has 0 aliphatic carbocycles. The Balaban J connectivity index is 1.71. The molecule has 0 unspecified atom stereocenters. The Labute approximate surface area is 129 Å². The van der Waals surface area contributed by atoms with E-state index in [4.69, 9.17) is 10.5 Å². The number of rotatable bonds is 3. The van der Waals surface area contributed by atoms with Crippen molar-refractivity contribution in [3.8, 4) is 5.75 Å². The maximum absolute atomic E-state index is 5.88. The lowest BCUT2D eigenvalue weighted by molar-refractivity contribution is 0.118. The summed E-state index contributed by atoms with van der Waals surface area (Å²) in [5.41, 5.74) is 8.89. The Kier molecular flexibility index (Phi) is 4.07. The first-order valence-corrected chi connectivity index (χ1v) is 8.25. The summed E-state index contributed by atoms with van der Waals surface area (Å²) in [6.45, 7) is 7.19. The highest BCUT2D eigenvalue weighted by Crippen LogP contribution is 2.35. The zero-order valence-corrected chi connectivity index (χ0v) is 13.7. The van der Waals surface area contributed by atoms with E-state index in [0.29, 0.717) is 5.41 Å². The number of halogens is 1. The molecule has 1 aromatic carbocycles. The van der Waals surface area contributed by atoms with E-state index in [1.165, 1.54) is 28.4 Å². The van der Waals surface area contributed by atoms with Crippen molar-refractivity contribution >= 4 is 15.9 Å². The summed E-state index contributed by atoms with van der Waals surface area (Å²) in [5, 5.41) is 0. The largest absolute Gasteiger partial charge is 0.493 e. The summed E-state index contributed by atoms with van der Waals surface area (Å²) in [7, 11) is 0. The number of hydrogen-bond acceptors (Lipinski definition) is 3. The van der Waals surface area contributed by atoms with Crippen molar-refractivity contribution in [1.82, 2.24) is 4.90 Å². The highest BCUT2D eigenvalue weighted by atomic mass is 79.9. The van der Waals surface area contributed by atoms with Gasteiger partial charge in [0, 0.05) is 23.0 Å². The highest BCUT2D eigenvalue weighted by molar-refractivity contribution is 9.10. The predicted octanol–water partition coefficient (Wildman–Crippen LogP) is 2.94. The zero-order valence-electron chi connectivity index (χ0n) is 12.1. The van der Waals surface area contributed by atoms with Gasteiger partial charge in [0.05, 0.1) is 6.61 Å². The van der Waals surface area contributed by atoms with Crippen molar-refractivity contribution in [1.29, 1.82) is 0 Å². The normalized spacial score (nSPS) is 21.6. The van der Waals surface area contributed by atoms with E-state index < -0.39 is 0 Å². The fourth-order valence-electron chi connectivity index (χ4n) is 3.16. The van der Waals surface area contributed by atoms with Crippen LogP contribution in [0.3, 0.4) is 0 Å². The van der Waals surface area contributed by atoms with Crippen LogP contribution in [0.2, 0.25) is 0 Å². The molecule has 1 aromatic rings. The molecule has 2 aliphatic rings. The van der Waals surface area contributed by atoms with E-state index >= 15 is 0 Å². The van der Waals surface area contributed by atoms with Gasteiger partial charge in [0.2, 0.25) is 0 Å². The number of likely N-dealkylation sites (tertiary alicyclic amines) is 1. The number of hydrogen-bond donors (Lipinski definition) is 1. The molecular weight excluding hydrogens is 316 g/mol. The van der Waals surface area contributed by atoms with Gasteiger partial charge in [0.25, 0.3) is 0 Å². The molecule has 0 spiro atoms. The SMILES string of the molecule is CC1(CN)CCN(Cc2cc(Br)cc3c2OCC3)CC1. The van der Waals surface area contributed by atoms with Gasteiger partial charge in [-0.2, -0.15) is 0 Å². The summed E-state index contributed by atoms with van der Waals surface area (Å²) in [6.07, 6.45) is 3.42. The molecule has 2 N–H and O–H groups in total. The number of nitrogens with two attached hydrogens (primary N) is 1. The fraction of sp³-hybridized carbons (Fsp3) is 0.625. The van der Waals surface area contributed by atoms with Crippen molar-refractivity contribution in [3.63, 3.8) is 0 Å². The second kappa shape index (κ2) is 5.66. The van der Waals surface area contributed by atoms with E-state index in [-0.39, 0.29) is 0 Å². The van der Waals surface area contributed by atoms with E-state index in [9.17, 15) is 0 Å². The molecular formula is C16H23BrN2O. The second-order valence-corrected chi connectivity index (χ2v) is 7.36. The van der Waals surface area contributed by atoms with Crippen LogP contribution in [0.5, 0.6) is 5.75 Å². The van der Waals surface area contributed by atoms with Gasteiger partial charge in [-0.05, 0) is 55.6 Å². The third-order valence-electron chi connectivity index (χ3n) is 4.78. The lowest BCUT2D eigenvalue weighted by atomic mass is 9.80. The smallest absolute Gasteiger partial charge is 0.127 e. The number of piperidine rings is 1. The Bertz CT molecular complexity index is 495. The third-order valence-corrected chi connectivity index (χ3v) is 5.23. The number of benzene rings is 1. The lowest BCUT2D eigenvalue weighted by Gasteiger charge is -2.38. The molecule has 4 heteroatoms. The topological polar surface area (TPSA) is 38.5 Å². The molecule has 0 saturated carbocycles. The minimum Gasteiger partial charge on any atom is -0.493 e. The molecule has 2 heterocycles. The molecule has 1 saturated heterocycles. The highest BCUT2D eigenvalue weighted by Gasteiger charge is 2.29. The van der Waals surface area contributed by atoms with Crippen LogP contribution in [0, 0.1) is 5.41 Å². The second-order valence-electron chi connectivity index (χ2n) is 6.44. The molecule has 0 radical (unpaired) electrons. The summed E-state index contributed by atoms with van der Waals surface area (Å²) in [5.74, 6) is 1.13. The van der Waals surface area contributed by atoms with Gasteiger partial charge < -0.3 is 10.5 Å². The Hall–Kier alpha value is -0.580. The molecule has 0 amide bonds. The maximum Gasteiger partial charge on any atom is 0.127 e. The van der Waals surface area contributed by atoms with E-state index in [0.717, 1.165) is 45.0 Å². The molecule has 0 atom stereocenters. The van der Waals surface area contributed by atoms with E-state index in [2.05, 4.69) is 39.9 Å². The summed E-state index contributed by atoms with van der Waals surface area (Å²) in [4.78, 5) is 2.53. The molecule has 3 rings (SSSR count). The monoisotopic (exact) mass is 338 g/mol. The molecule has 3 nitrogen and oxygen atoms in total. The van der Waals surface area contributed by atoms with Gasteiger partial charge in [-0.1, -0.05) is 22.9 Å². The fourth-order valence-corrected chi connectivity index (χ4v) is 3.71. The van der Waals surface area contributed by atoms with Gasteiger partial charge in [0.1, 0.15) is 5.75 Å². The summed E-state index contributed by atoms with van der Waals surface area (Å²) in [6, 6.07) is 4.40. The average molecular weight is 339 g/mol. The molecule has 2 aliphatic heterocycles. The molecule has 110 valence electrons. The first kappa shape index (κ1) is 14.4. The van der Waals surface area contributed by atoms with Crippen LogP contribution in [0.25, 0.3) is 0 Å². The van der Waals surface area contributed by atoms with Gasteiger partial charge in [-0.15, -0.1) is 0 Å². The van der Waals surface area contributed by atoms with Crippen LogP contribution < -0.4 is 10.5 Å². The van der Waals surface area contributed by atoms with Crippen molar-refractivity contribution in [2.45, 2.75) is 32.7 Å². The van der Waals surface area contributed by atoms with Crippen molar-refractivity contribution in [2.24, 2.45) is 11.1 Å². The predicted molar refractivity (Wildman–Crippen MR) is 85.0 cm³/mol. The van der Waals surface area contributed by atoms with Crippen LogP contribution in [0.4, 0.5) is 0 Å². The van der Waals surface area contributed by atoms with Crippen LogP contribution in [0.15, 0.2) is 16.6 Å². The maximum atomic E-state index is 5.88. The average Bonchev–Trinajstić information content (AvgIpc) is 2.90. The zero-order chi connectivity index (χ0) is 14.2. The minimum atomic E-state index is 0.340. The van der Waals surface area contributed by atoms with Crippen LogP contribution in [0.1, 0.15) is 30.9 Å². The number of nitrogens with zero attached hydrogens (tertiary/aromatic N) is 1. The quantitative estimate of drug-likeness (QED) is 0.920. The van der Waals surface area contributed by atoms with Crippen molar-refractivity contribution in [2.75, 3.05) is 26.2 Å². The van der Waals surface area contributed by atoms with Crippen molar-refractivity contribution in [3.05, 3.63) is 27.7 Å². The first-order chi connectivity index (χ1) is 9.59. The van der Waals surface area contributed by atoms with Gasteiger partial charge in [-0.25, -0.2) is 0 Å². The number of ether oxygens (including phenoxy) is 1. The Morgan fingerprint density at radius 1 is 1.35 bits per heavy atom. The minimum absolute atomic E-state index is 0.340. The van der Waals surface area contributed by atoms with Crippen molar-refractivity contribution < 1.29 is 4.74 Å². The summed E-state index contributed by atoms with van der Waals surface area (Å²) >= 11 is 3.62. The van der Waals surface area contributed by atoms with Gasteiger partial charge in [0.15, 0.2) is 0 Å². The van der Waals surface area contributed by atoms with Gasteiger partial charge in [-0.3, -0.25) is 4.90 Å².